The van der Waals surface area contributed by atoms with Crippen molar-refractivity contribution in [2.24, 2.45) is 11.8 Å². The summed E-state index contributed by atoms with van der Waals surface area (Å²) >= 11 is 3.63. The Morgan fingerprint density at radius 1 is 0.958 bits per heavy atom. The molecular weight excluding hydrogens is 678 g/mol. The number of aliphatic hydroxyl groups is 1. The average molecular weight is 721 g/mol. The number of hydrogen-bond donors (Lipinski definition) is 2. The number of amides is 3. The number of allylic oxidation sites excluding steroid dienone is 1. The highest BCUT2D eigenvalue weighted by molar-refractivity contribution is 9.11. The molecule has 2 aromatic carbocycles. The van der Waals surface area contributed by atoms with E-state index in [1.807, 2.05) is 80.6 Å². The number of unbranched alkanes of at least 4 members (excludes halogenated alkanes) is 2. The summed E-state index contributed by atoms with van der Waals surface area (Å²) < 4.78 is 13.0. The van der Waals surface area contributed by atoms with E-state index in [-0.39, 0.29) is 44.5 Å². The number of halogens is 1. The van der Waals surface area contributed by atoms with Crippen LogP contribution in [0, 0.1) is 25.7 Å². The smallest absolute Gasteiger partial charge is 0.306 e. The number of esters is 1. The van der Waals surface area contributed by atoms with Gasteiger partial charge in [0.1, 0.15) is 24.4 Å². The molecule has 2 fully saturated rings. The van der Waals surface area contributed by atoms with Gasteiger partial charge < -0.3 is 29.7 Å². The molecule has 10 nitrogen and oxygen atoms in total. The second kappa shape index (κ2) is 14.4. The van der Waals surface area contributed by atoms with Gasteiger partial charge in [-0.05, 0) is 62.3 Å². The fourth-order valence-electron chi connectivity index (χ4n) is 7.70. The molecular formula is C37H42BrN3O7. The molecule has 254 valence electrons. The molecule has 2 saturated heterocycles. The Kier molecular flexibility index (Phi) is 10.2. The van der Waals surface area contributed by atoms with E-state index in [1.165, 1.54) is 0 Å². The van der Waals surface area contributed by atoms with Gasteiger partial charge >= 0.3 is 5.97 Å². The number of rotatable bonds is 7. The van der Waals surface area contributed by atoms with E-state index in [1.54, 1.807) is 9.80 Å². The number of para-hydroxylation sites is 1. The molecule has 6 atom stereocenters. The van der Waals surface area contributed by atoms with Crippen molar-refractivity contribution in [1.82, 2.24) is 10.2 Å². The molecule has 6 rings (SSSR count). The van der Waals surface area contributed by atoms with Crippen molar-refractivity contribution in [2.45, 2.75) is 69.7 Å². The molecule has 5 bridgehead atoms. The van der Waals surface area contributed by atoms with Crippen LogP contribution < -0.4 is 10.2 Å². The van der Waals surface area contributed by atoms with E-state index < -0.39 is 47.5 Å². The van der Waals surface area contributed by atoms with Crippen molar-refractivity contribution >= 4 is 45.3 Å². The monoisotopic (exact) mass is 719 g/mol. The van der Waals surface area contributed by atoms with Crippen molar-refractivity contribution in [3.63, 3.8) is 0 Å². The lowest BCUT2D eigenvalue weighted by molar-refractivity contribution is -0.145. The maximum absolute atomic E-state index is 15.1. The molecule has 4 heterocycles. The summed E-state index contributed by atoms with van der Waals surface area (Å²) in [6, 6.07) is 13.4. The van der Waals surface area contributed by atoms with Crippen LogP contribution in [0.3, 0.4) is 0 Å². The first-order chi connectivity index (χ1) is 23.2. The van der Waals surface area contributed by atoms with Gasteiger partial charge in [0.15, 0.2) is 0 Å². The lowest BCUT2D eigenvalue weighted by atomic mass is 9.74. The van der Waals surface area contributed by atoms with Crippen LogP contribution in [0.1, 0.15) is 54.8 Å². The SMILES string of the molecule is Cc1cccc(C)c1N1C/C=C\CCC(=O)OC[C@@H](c2ccccc2)NC(=O)[C@@H]2[C@H]3O[C@@]4(C=C3Br)[C@H](C1=O)N(CCCCCO)C(=O)[C@@H]24. The second-order valence-corrected chi connectivity index (χ2v) is 13.9. The minimum Gasteiger partial charge on any atom is -0.463 e. The summed E-state index contributed by atoms with van der Waals surface area (Å²) in [5.74, 6) is -3.31. The Balaban J connectivity index is 1.46. The largest absolute Gasteiger partial charge is 0.463 e. The van der Waals surface area contributed by atoms with Gasteiger partial charge in [-0.2, -0.15) is 0 Å². The average Bonchev–Trinajstić information content (AvgIpc) is 3.66. The maximum atomic E-state index is 15.1. The summed E-state index contributed by atoms with van der Waals surface area (Å²) in [5.41, 5.74) is 1.92. The Labute approximate surface area is 289 Å². The number of likely N-dealkylation sites (tertiary alicyclic amines) is 1. The number of nitrogens with zero attached hydrogens (tertiary/aromatic N) is 2. The molecule has 0 saturated carbocycles. The van der Waals surface area contributed by atoms with Gasteiger partial charge in [0, 0.05) is 36.3 Å². The molecule has 4 aliphatic heterocycles. The first-order valence-corrected chi connectivity index (χ1v) is 17.5. The van der Waals surface area contributed by atoms with Gasteiger partial charge in [0.25, 0.3) is 5.91 Å². The van der Waals surface area contributed by atoms with Crippen LogP contribution in [-0.4, -0.2) is 77.7 Å². The molecule has 0 unspecified atom stereocenters. The third kappa shape index (κ3) is 6.23. The number of nitrogens with one attached hydrogen (secondary N) is 1. The number of carbonyl (C=O) groups is 4. The molecule has 0 aromatic heterocycles. The fraction of sp³-hybridized carbons (Fsp3) is 0.459. The Morgan fingerprint density at radius 3 is 2.44 bits per heavy atom. The zero-order valence-electron chi connectivity index (χ0n) is 27.3. The van der Waals surface area contributed by atoms with Crippen LogP contribution in [-0.2, 0) is 28.7 Å². The van der Waals surface area contributed by atoms with Crippen LogP contribution in [0.5, 0.6) is 0 Å². The summed E-state index contributed by atoms with van der Waals surface area (Å²) in [5, 5.41) is 12.5. The van der Waals surface area contributed by atoms with E-state index in [0.29, 0.717) is 30.2 Å². The molecule has 0 radical (unpaired) electrons. The van der Waals surface area contributed by atoms with Crippen LogP contribution in [0.4, 0.5) is 5.69 Å². The highest BCUT2D eigenvalue weighted by Gasteiger charge is 2.74. The van der Waals surface area contributed by atoms with E-state index in [0.717, 1.165) is 22.4 Å². The Bertz CT molecular complexity index is 1610. The number of carbonyl (C=O) groups excluding carboxylic acids is 4. The minimum atomic E-state index is -1.38. The van der Waals surface area contributed by atoms with Crippen molar-refractivity contribution < 1.29 is 33.8 Å². The lowest BCUT2D eigenvalue weighted by Crippen LogP contribution is -2.56. The molecule has 3 amide bonds. The summed E-state index contributed by atoms with van der Waals surface area (Å²) in [7, 11) is 0. The van der Waals surface area contributed by atoms with E-state index in [2.05, 4.69) is 21.2 Å². The number of aryl methyl sites for hydroxylation is 2. The number of anilines is 1. The zero-order valence-corrected chi connectivity index (χ0v) is 28.9. The highest BCUT2D eigenvalue weighted by Crippen LogP contribution is 2.59. The third-order valence-corrected chi connectivity index (χ3v) is 10.6. The normalized spacial score (nSPS) is 29.8. The molecule has 1 spiro atoms. The summed E-state index contributed by atoms with van der Waals surface area (Å²) in [6.45, 7) is 4.34. The van der Waals surface area contributed by atoms with Crippen LogP contribution in [0.2, 0.25) is 0 Å². The van der Waals surface area contributed by atoms with Crippen molar-refractivity contribution in [3.05, 3.63) is 87.9 Å². The first-order valence-electron chi connectivity index (χ1n) is 16.7. The third-order valence-electron chi connectivity index (χ3n) is 9.89. The molecule has 2 N–H and O–H groups in total. The standard InChI is InChI=1S/C37H42BrN3O7/c1-23-13-12-14-24(2)31(23)40-18-9-4-8-17-28(43)47-22-27(25-15-6-3-7-16-25)39-34(44)29-30-35(45)41(19-10-5-11-20-42)33(36(40)46)37(30)21-26(38)32(29)48-37/h3-4,6-7,9,12-16,21,27,29-30,32-33,42H,5,8,10-11,17-20,22H2,1-2H3,(H,39,44)/b9-4-/t27-,29-,30+,32-,33-,37+/m0/s1. The molecule has 4 aliphatic rings. The van der Waals surface area contributed by atoms with Gasteiger partial charge in [0.2, 0.25) is 11.8 Å². The van der Waals surface area contributed by atoms with Crippen LogP contribution in [0.15, 0.2) is 71.2 Å². The van der Waals surface area contributed by atoms with Gasteiger partial charge in [-0.3, -0.25) is 19.2 Å². The molecule has 0 aliphatic carbocycles. The number of aliphatic hydroxyl groups excluding tert-OH is 1. The van der Waals surface area contributed by atoms with Gasteiger partial charge in [-0.15, -0.1) is 0 Å². The highest BCUT2D eigenvalue weighted by atomic mass is 79.9. The second-order valence-electron chi connectivity index (χ2n) is 13.0. The zero-order chi connectivity index (χ0) is 34.0. The fourth-order valence-corrected chi connectivity index (χ4v) is 8.43. The van der Waals surface area contributed by atoms with Crippen molar-refractivity contribution in [2.75, 3.05) is 31.2 Å². The number of ether oxygens (including phenoxy) is 2. The first kappa shape index (κ1) is 34.1. The van der Waals surface area contributed by atoms with E-state index in [9.17, 15) is 19.5 Å². The number of fused-ring (bicyclic) bond motifs is 2. The molecule has 11 heteroatoms. The van der Waals surface area contributed by atoms with Crippen LogP contribution in [0.25, 0.3) is 0 Å². The number of benzene rings is 2. The summed E-state index contributed by atoms with van der Waals surface area (Å²) in [4.78, 5) is 60.1. The number of hydrogen-bond acceptors (Lipinski definition) is 7. The van der Waals surface area contributed by atoms with Gasteiger partial charge in [0.05, 0.1) is 17.9 Å². The Hall–Kier alpha value is -3.80. The predicted molar refractivity (Wildman–Crippen MR) is 183 cm³/mol. The van der Waals surface area contributed by atoms with Crippen molar-refractivity contribution in [3.8, 4) is 0 Å². The number of cyclic esters (lactones) is 1. The Morgan fingerprint density at radius 2 is 1.71 bits per heavy atom. The molecule has 2 aromatic rings. The lowest BCUT2D eigenvalue weighted by Gasteiger charge is -2.36. The maximum Gasteiger partial charge on any atom is 0.306 e. The molecule has 48 heavy (non-hydrogen) atoms. The van der Waals surface area contributed by atoms with Gasteiger partial charge in [-0.25, -0.2) is 0 Å². The van der Waals surface area contributed by atoms with E-state index in [4.69, 9.17) is 9.47 Å². The van der Waals surface area contributed by atoms with E-state index >= 15 is 4.79 Å². The topological polar surface area (TPSA) is 125 Å². The van der Waals surface area contributed by atoms with Crippen molar-refractivity contribution in [1.29, 1.82) is 0 Å². The van der Waals surface area contributed by atoms with Gasteiger partial charge in [-0.1, -0.05) is 76.6 Å². The quantitative estimate of drug-likeness (QED) is 0.247. The minimum absolute atomic E-state index is 0.0379. The van der Waals surface area contributed by atoms with Crippen LogP contribution >= 0.6 is 15.9 Å². The summed E-state index contributed by atoms with van der Waals surface area (Å²) in [6.07, 6.45) is 7.16. The predicted octanol–water partition coefficient (Wildman–Crippen LogP) is 4.42.